The van der Waals surface area contributed by atoms with Gasteiger partial charge in [0.25, 0.3) is 0 Å². The highest BCUT2D eigenvalue weighted by molar-refractivity contribution is 5.18. The molecule has 0 aromatic carbocycles. The van der Waals surface area contributed by atoms with E-state index in [0.717, 1.165) is 6.54 Å². The lowest BCUT2D eigenvalue weighted by Gasteiger charge is -2.08. The van der Waals surface area contributed by atoms with Gasteiger partial charge in [0.1, 0.15) is 0 Å². The van der Waals surface area contributed by atoms with Gasteiger partial charge in [-0.1, -0.05) is 0 Å². The number of pyridine rings is 1. The molecule has 0 spiro atoms. The number of aryl methyl sites for hydroxylation is 2. The van der Waals surface area contributed by atoms with E-state index in [1.54, 1.807) is 0 Å². The molecule has 0 bridgehead atoms. The molecule has 2 aromatic heterocycles. The quantitative estimate of drug-likeness (QED) is 0.704. The van der Waals surface area contributed by atoms with Crippen LogP contribution >= 0.6 is 0 Å². The monoisotopic (exact) mass is 186 g/mol. The number of rotatable bonds is 2. The highest BCUT2D eigenvalue weighted by Crippen LogP contribution is 2.10. The van der Waals surface area contributed by atoms with Gasteiger partial charge >= 0.3 is 0 Å². The molecule has 2 heterocycles. The number of nitrogens with zero attached hydrogens (tertiary/aromatic N) is 2. The van der Waals surface area contributed by atoms with Crippen LogP contribution in [0, 0.1) is 13.8 Å². The molecule has 0 unspecified atom stereocenters. The first-order valence-corrected chi connectivity index (χ1v) is 4.79. The van der Waals surface area contributed by atoms with Crippen LogP contribution in [-0.4, -0.2) is 9.55 Å². The van der Waals surface area contributed by atoms with E-state index in [2.05, 4.69) is 47.7 Å². The molecule has 0 N–H and O–H groups in total. The Labute approximate surface area is 84.2 Å². The maximum Gasteiger partial charge on any atom is 0.0476 e. The van der Waals surface area contributed by atoms with Gasteiger partial charge in [-0.2, -0.15) is 0 Å². The minimum Gasteiger partial charge on any atom is -0.345 e. The van der Waals surface area contributed by atoms with Crippen molar-refractivity contribution in [2.24, 2.45) is 0 Å². The molecule has 0 aliphatic carbocycles. The van der Waals surface area contributed by atoms with Crippen molar-refractivity contribution in [3.63, 3.8) is 0 Å². The van der Waals surface area contributed by atoms with Crippen molar-refractivity contribution in [3.8, 4) is 0 Å². The third-order valence-electron chi connectivity index (χ3n) is 2.51. The molecule has 0 saturated heterocycles. The predicted molar refractivity (Wildman–Crippen MR) is 57.2 cm³/mol. The highest BCUT2D eigenvalue weighted by Gasteiger charge is 2.00. The standard InChI is InChI=1S/C12H14N2/c1-10-3-4-11(2)14(10)9-12-5-7-13-8-6-12/h3-8H,9H2,1-2H3. The molecule has 0 aliphatic rings. The van der Waals surface area contributed by atoms with Gasteiger partial charge in [0.15, 0.2) is 0 Å². The van der Waals surface area contributed by atoms with Crippen molar-refractivity contribution in [1.29, 1.82) is 0 Å². The van der Waals surface area contributed by atoms with E-state index in [1.807, 2.05) is 12.4 Å². The SMILES string of the molecule is Cc1ccc(C)n1Cc1ccncc1. The molecule has 0 fully saturated rings. The summed E-state index contributed by atoms with van der Waals surface area (Å²) in [5, 5.41) is 0. The van der Waals surface area contributed by atoms with Crippen LogP contribution in [0.5, 0.6) is 0 Å². The Bertz CT molecular complexity index is 396. The van der Waals surface area contributed by atoms with Crippen molar-refractivity contribution in [2.45, 2.75) is 20.4 Å². The summed E-state index contributed by atoms with van der Waals surface area (Å²) in [6.07, 6.45) is 3.67. The molecule has 2 heteroatoms. The Morgan fingerprint density at radius 2 is 1.57 bits per heavy atom. The molecule has 14 heavy (non-hydrogen) atoms. The summed E-state index contributed by atoms with van der Waals surface area (Å²) in [7, 11) is 0. The molecule has 2 rings (SSSR count). The number of hydrogen-bond acceptors (Lipinski definition) is 1. The molecule has 0 saturated carbocycles. The van der Waals surface area contributed by atoms with Crippen LogP contribution in [0.15, 0.2) is 36.7 Å². The van der Waals surface area contributed by atoms with E-state index in [0.29, 0.717) is 0 Å². The lowest BCUT2D eigenvalue weighted by molar-refractivity contribution is 0.748. The average molecular weight is 186 g/mol. The van der Waals surface area contributed by atoms with Crippen molar-refractivity contribution >= 4 is 0 Å². The summed E-state index contributed by atoms with van der Waals surface area (Å²) in [5.41, 5.74) is 3.90. The maximum atomic E-state index is 4.01. The Morgan fingerprint density at radius 1 is 1.00 bits per heavy atom. The summed E-state index contributed by atoms with van der Waals surface area (Å²) >= 11 is 0. The zero-order valence-electron chi connectivity index (χ0n) is 8.57. The maximum absolute atomic E-state index is 4.01. The Balaban J connectivity index is 2.27. The first-order valence-electron chi connectivity index (χ1n) is 4.79. The van der Waals surface area contributed by atoms with Gasteiger partial charge in [0.05, 0.1) is 0 Å². The topological polar surface area (TPSA) is 17.8 Å². The van der Waals surface area contributed by atoms with Crippen LogP contribution in [0.4, 0.5) is 0 Å². The van der Waals surface area contributed by atoms with Gasteiger partial charge in [0.2, 0.25) is 0 Å². The molecular formula is C12H14N2. The van der Waals surface area contributed by atoms with Gasteiger partial charge in [-0.3, -0.25) is 4.98 Å². The van der Waals surface area contributed by atoms with E-state index < -0.39 is 0 Å². The van der Waals surface area contributed by atoms with Crippen molar-refractivity contribution in [2.75, 3.05) is 0 Å². The molecule has 0 radical (unpaired) electrons. The van der Waals surface area contributed by atoms with Crippen molar-refractivity contribution < 1.29 is 0 Å². The largest absolute Gasteiger partial charge is 0.345 e. The lowest BCUT2D eigenvalue weighted by atomic mass is 10.2. The van der Waals surface area contributed by atoms with Gasteiger partial charge < -0.3 is 4.57 Å². The number of aromatic nitrogens is 2. The van der Waals surface area contributed by atoms with E-state index >= 15 is 0 Å². The average Bonchev–Trinajstić information content (AvgIpc) is 2.51. The van der Waals surface area contributed by atoms with Crippen molar-refractivity contribution in [3.05, 3.63) is 53.6 Å². The van der Waals surface area contributed by atoms with Gasteiger partial charge in [0, 0.05) is 30.3 Å². The zero-order chi connectivity index (χ0) is 9.97. The van der Waals surface area contributed by atoms with Crippen LogP contribution < -0.4 is 0 Å². The fourth-order valence-corrected chi connectivity index (χ4v) is 1.62. The molecule has 0 atom stereocenters. The first kappa shape index (κ1) is 9.00. The van der Waals surface area contributed by atoms with E-state index in [-0.39, 0.29) is 0 Å². The Kier molecular flexibility index (Phi) is 2.35. The third kappa shape index (κ3) is 1.69. The molecule has 2 nitrogen and oxygen atoms in total. The smallest absolute Gasteiger partial charge is 0.0476 e. The van der Waals surface area contributed by atoms with Crippen LogP contribution in [0.1, 0.15) is 17.0 Å². The molecular weight excluding hydrogens is 172 g/mol. The molecule has 0 amide bonds. The Hall–Kier alpha value is -1.57. The minimum absolute atomic E-state index is 0.938. The van der Waals surface area contributed by atoms with Gasteiger partial charge in [-0.15, -0.1) is 0 Å². The lowest BCUT2D eigenvalue weighted by Crippen LogP contribution is -2.03. The second-order valence-corrected chi connectivity index (χ2v) is 3.56. The van der Waals surface area contributed by atoms with Crippen LogP contribution in [0.2, 0.25) is 0 Å². The van der Waals surface area contributed by atoms with Crippen LogP contribution in [0.25, 0.3) is 0 Å². The molecule has 0 aliphatic heterocycles. The fraction of sp³-hybridized carbons (Fsp3) is 0.250. The molecule has 72 valence electrons. The highest BCUT2D eigenvalue weighted by atomic mass is 15.0. The van der Waals surface area contributed by atoms with Gasteiger partial charge in [-0.05, 0) is 43.7 Å². The Morgan fingerprint density at radius 3 is 2.14 bits per heavy atom. The number of hydrogen-bond donors (Lipinski definition) is 0. The van der Waals surface area contributed by atoms with Gasteiger partial charge in [-0.25, -0.2) is 0 Å². The molecule has 2 aromatic rings. The van der Waals surface area contributed by atoms with Crippen LogP contribution in [0.3, 0.4) is 0 Å². The summed E-state index contributed by atoms with van der Waals surface area (Å²) in [6, 6.07) is 8.41. The van der Waals surface area contributed by atoms with E-state index in [1.165, 1.54) is 17.0 Å². The fourth-order valence-electron chi connectivity index (χ4n) is 1.62. The minimum atomic E-state index is 0.938. The summed E-state index contributed by atoms with van der Waals surface area (Å²) in [5.74, 6) is 0. The second-order valence-electron chi connectivity index (χ2n) is 3.56. The summed E-state index contributed by atoms with van der Waals surface area (Å²) in [4.78, 5) is 4.01. The van der Waals surface area contributed by atoms with Crippen LogP contribution in [-0.2, 0) is 6.54 Å². The normalized spacial score (nSPS) is 10.4. The third-order valence-corrected chi connectivity index (χ3v) is 2.51. The second kappa shape index (κ2) is 3.66. The zero-order valence-corrected chi connectivity index (χ0v) is 8.57. The summed E-state index contributed by atoms with van der Waals surface area (Å²) < 4.78 is 2.30. The first-order chi connectivity index (χ1) is 6.77. The summed E-state index contributed by atoms with van der Waals surface area (Å²) in [6.45, 7) is 5.20. The van der Waals surface area contributed by atoms with Crippen molar-refractivity contribution in [1.82, 2.24) is 9.55 Å². The van der Waals surface area contributed by atoms with E-state index in [9.17, 15) is 0 Å². The predicted octanol–water partition coefficient (Wildman–Crippen LogP) is 2.55. The van der Waals surface area contributed by atoms with E-state index in [4.69, 9.17) is 0 Å².